The Morgan fingerprint density at radius 2 is 1.77 bits per heavy atom. The molecule has 0 heterocycles. The lowest BCUT2D eigenvalue weighted by Crippen LogP contribution is -2.24. The van der Waals surface area contributed by atoms with E-state index >= 15 is 0 Å². The highest BCUT2D eigenvalue weighted by Crippen LogP contribution is 2.09. The van der Waals surface area contributed by atoms with Gasteiger partial charge in [-0.2, -0.15) is 0 Å². The Bertz CT molecular complexity index is 637. The molecule has 0 saturated carbocycles. The Morgan fingerprint density at radius 3 is 2.45 bits per heavy atom. The number of rotatable bonds is 5. The van der Waals surface area contributed by atoms with Gasteiger partial charge in [0.05, 0.1) is 0 Å². The standard InChI is InChI=1S/C17H15F2NO2/c18-15-9-14(10-16(19)11-15)7-4-8-20-17(21)22-12-13-5-2-1-3-6-13/h1-7,9-11H,8,12H2,(H,20,21). The van der Waals surface area contributed by atoms with Crippen molar-refractivity contribution >= 4 is 12.2 Å². The van der Waals surface area contributed by atoms with E-state index in [1.165, 1.54) is 18.2 Å². The van der Waals surface area contributed by atoms with Crippen LogP contribution in [0.2, 0.25) is 0 Å². The third kappa shape index (κ3) is 5.36. The molecule has 1 amide bonds. The topological polar surface area (TPSA) is 38.3 Å². The van der Waals surface area contributed by atoms with E-state index in [0.29, 0.717) is 5.56 Å². The minimum Gasteiger partial charge on any atom is -0.445 e. The molecule has 1 N–H and O–H groups in total. The van der Waals surface area contributed by atoms with E-state index in [9.17, 15) is 13.6 Å². The van der Waals surface area contributed by atoms with E-state index < -0.39 is 17.7 Å². The Kier molecular flexibility index (Phi) is 5.65. The van der Waals surface area contributed by atoms with Crippen LogP contribution in [0.5, 0.6) is 0 Å². The quantitative estimate of drug-likeness (QED) is 0.909. The maximum atomic E-state index is 13.0. The van der Waals surface area contributed by atoms with Crippen LogP contribution in [-0.2, 0) is 11.3 Å². The molecule has 2 aromatic rings. The fourth-order valence-electron chi connectivity index (χ4n) is 1.78. The summed E-state index contributed by atoms with van der Waals surface area (Å²) < 4.78 is 30.9. The molecular weight excluding hydrogens is 288 g/mol. The molecule has 0 unspecified atom stereocenters. The molecule has 22 heavy (non-hydrogen) atoms. The fourth-order valence-corrected chi connectivity index (χ4v) is 1.78. The maximum absolute atomic E-state index is 13.0. The van der Waals surface area contributed by atoms with Gasteiger partial charge >= 0.3 is 6.09 Å². The van der Waals surface area contributed by atoms with Crippen molar-refractivity contribution in [2.75, 3.05) is 6.54 Å². The van der Waals surface area contributed by atoms with Crippen molar-refractivity contribution in [3.05, 3.63) is 77.4 Å². The molecule has 0 aliphatic carbocycles. The third-order valence-corrected chi connectivity index (χ3v) is 2.77. The third-order valence-electron chi connectivity index (χ3n) is 2.77. The Labute approximate surface area is 127 Å². The van der Waals surface area contributed by atoms with E-state index in [4.69, 9.17) is 4.74 Å². The zero-order valence-electron chi connectivity index (χ0n) is 11.8. The van der Waals surface area contributed by atoms with Gasteiger partial charge < -0.3 is 10.1 Å². The summed E-state index contributed by atoms with van der Waals surface area (Å²) in [6.45, 7) is 0.386. The number of hydrogen-bond acceptors (Lipinski definition) is 2. The Morgan fingerprint density at radius 1 is 1.09 bits per heavy atom. The molecule has 0 aliphatic heterocycles. The average molecular weight is 303 g/mol. The highest BCUT2D eigenvalue weighted by Gasteiger charge is 2.00. The van der Waals surface area contributed by atoms with E-state index in [1.807, 2.05) is 30.3 Å². The van der Waals surface area contributed by atoms with Crippen LogP contribution in [-0.4, -0.2) is 12.6 Å². The minimum absolute atomic E-state index is 0.186. The van der Waals surface area contributed by atoms with E-state index in [0.717, 1.165) is 11.6 Å². The second kappa shape index (κ2) is 7.93. The molecule has 3 nitrogen and oxygen atoms in total. The summed E-state index contributed by atoms with van der Waals surface area (Å²) in [7, 11) is 0. The average Bonchev–Trinajstić information content (AvgIpc) is 2.50. The van der Waals surface area contributed by atoms with Crippen molar-refractivity contribution in [1.29, 1.82) is 0 Å². The van der Waals surface area contributed by atoms with Crippen LogP contribution in [0.25, 0.3) is 6.08 Å². The fraction of sp³-hybridized carbons (Fsp3) is 0.118. The number of carbonyl (C=O) groups is 1. The molecule has 0 aromatic heterocycles. The lowest BCUT2D eigenvalue weighted by molar-refractivity contribution is 0.141. The first-order valence-corrected chi connectivity index (χ1v) is 6.70. The molecule has 0 saturated heterocycles. The molecule has 0 fully saturated rings. The summed E-state index contributed by atoms with van der Waals surface area (Å²) in [5, 5.41) is 2.52. The molecule has 0 bridgehead atoms. The molecule has 2 rings (SSSR count). The first-order chi connectivity index (χ1) is 10.6. The van der Waals surface area contributed by atoms with Crippen LogP contribution in [0.15, 0.2) is 54.6 Å². The highest BCUT2D eigenvalue weighted by molar-refractivity contribution is 5.67. The molecule has 114 valence electrons. The Hall–Kier alpha value is -2.69. The number of carbonyl (C=O) groups excluding carboxylic acids is 1. The van der Waals surface area contributed by atoms with Crippen molar-refractivity contribution in [3.63, 3.8) is 0 Å². The van der Waals surface area contributed by atoms with Gasteiger partial charge in [0.25, 0.3) is 0 Å². The van der Waals surface area contributed by atoms with E-state index in [-0.39, 0.29) is 13.2 Å². The van der Waals surface area contributed by atoms with Gasteiger partial charge in [0.2, 0.25) is 0 Å². The number of ether oxygens (including phenoxy) is 1. The van der Waals surface area contributed by atoms with Gasteiger partial charge in [-0.25, -0.2) is 13.6 Å². The summed E-state index contributed by atoms with van der Waals surface area (Å²) in [4.78, 5) is 11.4. The van der Waals surface area contributed by atoms with Crippen molar-refractivity contribution in [1.82, 2.24) is 5.32 Å². The van der Waals surface area contributed by atoms with Gasteiger partial charge in [-0.1, -0.05) is 42.5 Å². The summed E-state index contributed by atoms with van der Waals surface area (Å²) in [5.74, 6) is -1.29. The number of benzene rings is 2. The number of alkyl carbamates (subject to hydrolysis) is 1. The zero-order valence-corrected chi connectivity index (χ0v) is 11.8. The molecule has 5 heteroatoms. The van der Waals surface area contributed by atoms with Crippen molar-refractivity contribution < 1.29 is 18.3 Å². The van der Waals surface area contributed by atoms with Crippen LogP contribution >= 0.6 is 0 Å². The van der Waals surface area contributed by atoms with Gasteiger partial charge in [-0.3, -0.25) is 0 Å². The SMILES string of the molecule is O=C(NCC=Cc1cc(F)cc(F)c1)OCc1ccccc1. The summed E-state index contributed by atoms with van der Waals surface area (Å²) >= 11 is 0. The maximum Gasteiger partial charge on any atom is 0.407 e. The van der Waals surface area contributed by atoms with Gasteiger partial charge in [-0.05, 0) is 23.3 Å². The van der Waals surface area contributed by atoms with Gasteiger partial charge in [0.1, 0.15) is 18.2 Å². The molecule has 0 aliphatic rings. The highest BCUT2D eigenvalue weighted by atomic mass is 19.1. The summed E-state index contributed by atoms with van der Waals surface area (Å²) in [6.07, 6.45) is 2.54. The van der Waals surface area contributed by atoms with Crippen LogP contribution in [0.4, 0.5) is 13.6 Å². The summed E-state index contributed by atoms with van der Waals surface area (Å²) in [6, 6.07) is 12.5. The van der Waals surface area contributed by atoms with Crippen molar-refractivity contribution in [3.8, 4) is 0 Å². The number of halogens is 2. The molecule has 2 aromatic carbocycles. The predicted octanol–water partition coefficient (Wildman–Crippen LogP) is 3.90. The van der Waals surface area contributed by atoms with Crippen LogP contribution in [0, 0.1) is 11.6 Å². The largest absolute Gasteiger partial charge is 0.445 e. The minimum atomic E-state index is -0.644. The van der Waals surface area contributed by atoms with Crippen molar-refractivity contribution in [2.45, 2.75) is 6.61 Å². The second-order valence-corrected chi connectivity index (χ2v) is 4.55. The van der Waals surface area contributed by atoms with Gasteiger partial charge in [0, 0.05) is 12.6 Å². The number of amides is 1. The lowest BCUT2D eigenvalue weighted by Gasteiger charge is -2.05. The second-order valence-electron chi connectivity index (χ2n) is 4.55. The smallest absolute Gasteiger partial charge is 0.407 e. The van der Waals surface area contributed by atoms with E-state index in [2.05, 4.69) is 5.32 Å². The summed E-state index contributed by atoms with van der Waals surface area (Å²) in [5.41, 5.74) is 1.28. The molecule has 0 spiro atoms. The number of nitrogens with one attached hydrogen (secondary N) is 1. The van der Waals surface area contributed by atoms with E-state index in [1.54, 1.807) is 6.08 Å². The first-order valence-electron chi connectivity index (χ1n) is 6.70. The predicted molar refractivity (Wildman–Crippen MR) is 80.0 cm³/mol. The normalized spacial score (nSPS) is 10.6. The monoisotopic (exact) mass is 303 g/mol. The molecular formula is C17H15F2NO2. The molecule has 0 radical (unpaired) electrons. The zero-order chi connectivity index (χ0) is 15.8. The van der Waals surface area contributed by atoms with Crippen LogP contribution < -0.4 is 5.32 Å². The van der Waals surface area contributed by atoms with Gasteiger partial charge in [-0.15, -0.1) is 0 Å². The Balaban J connectivity index is 1.73. The lowest BCUT2D eigenvalue weighted by atomic mass is 10.2. The number of hydrogen-bond donors (Lipinski definition) is 1. The van der Waals surface area contributed by atoms with Crippen molar-refractivity contribution in [2.24, 2.45) is 0 Å². The molecule has 0 atom stereocenters. The van der Waals surface area contributed by atoms with Gasteiger partial charge in [0.15, 0.2) is 0 Å². The van der Waals surface area contributed by atoms with Crippen LogP contribution in [0.3, 0.4) is 0 Å². The first kappa shape index (κ1) is 15.7. The van der Waals surface area contributed by atoms with Crippen LogP contribution in [0.1, 0.15) is 11.1 Å².